The lowest BCUT2D eigenvalue weighted by Gasteiger charge is -2.15. The molecule has 2 aromatic carbocycles. The van der Waals surface area contributed by atoms with Gasteiger partial charge in [-0.05, 0) is 48.5 Å². The van der Waals surface area contributed by atoms with Crippen LogP contribution in [0.3, 0.4) is 0 Å². The summed E-state index contributed by atoms with van der Waals surface area (Å²) in [6.45, 7) is 0. The summed E-state index contributed by atoms with van der Waals surface area (Å²) >= 11 is 0. The van der Waals surface area contributed by atoms with E-state index in [0.717, 1.165) is 0 Å². The second-order valence-electron chi connectivity index (χ2n) is 6.35. The highest BCUT2D eigenvalue weighted by molar-refractivity contribution is 6.22. The molecular weight excluding hydrogens is 386 g/mol. The van der Waals surface area contributed by atoms with Crippen molar-refractivity contribution in [3.05, 3.63) is 95.5 Å². The molecule has 1 aliphatic rings. The molecule has 3 aromatic rings. The largest absolute Gasteiger partial charge is 0.465 e. The van der Waals surface area contributed by atoms with E-state index < -0.39 is 23.6 Å². The van der Waals surface area contributed by atoms with Crippen LogP contribution in [0.4, 0.5) is 5.69 Å². The minimum absolute atomic E-state index is 0.166. The van der Waals surface area contributed by atoms with Gasteiger partial charge in [0.05, 0.1) is 17.4 Å². The first-order chi connectivity index (χ1) is 14.5. The van der Waals surface area contributed by atoms with Crippen molar-refractivity contribution < 1.29 is 23.6 Å². The number of carbonyl (C=O) groups is 4. The Balaban J connectivity index is 1.44. The fourth-order valence-corrected chi connectivity index (χ4v) is 2.92. The van der Waals surface area contributed by atoms with Crippen molar-refractivity contribution >= 4 is 35.4 Å². The first kappa shape index (κ1) is 18.9. The van der Waals surface area contributed by atoms with Gasteiger partial charge < -0.3 is 9.73 Å². The third-order valence-corrected chi connectivity index (χ3v) is 4.34. The predicted molar refractivity (Wildman–Crippen MR) is 107 cm³/mol. The van der Waals surface area contributed by atoms with E-state index in [1.807, 2.05) is 0 Å². The summed E-state index contributed by atoms with van der Waals surface area (Å²) in [6.07, 6.45) is 4.30. The molecule has 148 valence electrons. The van der Waals surface area contributed by atoms with Crippen molar-refractivity contribution in [2.75, 3.05) is 5.32 Å². The Kier molecular flexibility index (Phi) is 4.96. The summed E-state index contributed by atoms with van der Waals surface area (Å²) in [5, 5.41) is 3.31. The number of benzene rings is 2. The molecule has 0 fully saturated rings. The van der Waals surface area contributed by atoms with E-state index in [4.69, 9.17) is 4.42 Å². The maximum absolute atomic E-state index is 12.6. The Morgan fingerprint density at radius 2 is 1.63 bits per heavy atom. The second-order valence-corrected chi connectivity index (χ2v) is 6.35. The molecule has 8 nitrogen and oxygen atoms in total. The minimum Gasteiger partial charge on any atom is -0.465 e. The SMILES string of the molecule is O=C(C=Cc1ccco1)Nc1cccc(C(=O)NN2C(=O)c3ccccc3C2=O)c1. The Morgan fingerprint density at radius 3 is 2.30 bits per heavy atom. The second kappa shape index (κ2) is 7.88. The van der Waals surface area contributed by atoms with Crippen LogP contribution in [0, 0.1) is 0 Å². The number of hydrogen-bond donors (Lipinski definition) is 2. The van der Waals surface area contributed by atoms with Crippen molar-refractivity contribution in [1.82, 2.24) is 10.4 Å². The maximum atomic E-state index is 12.6. The highest BCUT2D eigenvalue weighted by atomic mass is 16.3. The average Bonchev–Trinajstić information content (AvgIpc) is 3.36. The summed E-state index contributed by atoms with van der Waals surface area (Å²) < 4.78 is 5.11. The number of fused-ring (bicyclic) bond motifs is 1. The molecule has 1 aromatic heterocycles. The molecule has 0 radical (unpaired) electrons. The highest BCUT2D eigenvalue weighted by Gasteiger charge is 2.36. The van der Waals surface area contributed by atoms with Crippen LogP contribution in [0.15, 0.2) is 77.4 Å². The number of hydrazine groups is 1. The molecule has 0 saturated heterocycles. The van der Waals surface area contributed by atoms with Gasteiger partial charge in [-0.1, -0.05) is 18.2 Å². The Hall–Kier alpha value is -4.46. The number of hydrogen-bond acceptors (Lipinski definition) is 5. The van der Waals surface area contributed by atoms with Gasteiger partial charge in [0.25, 0.3) is 17.7 Å². The zero-order valence-corrected chi connectivity index (χ0v) is 15.5. The Morgan fingerprint density at radius 1 is 0.900 bits per heavy atom. The van der Waals surface area contributed by atoms with E-state index in [1.165, 1.54) is 42.7 Å². The van der Waals surface area contributed by atoms with Gasteiger partial charge in [-0.25, -0.2) is 0 Å². The van der Waals surface area contributed by atoms with Crippen LogP contribution in [0.25, 0.3) is 6.08 Å². The molecule has 1 aliphatic heterocycles. The quantitative estimate of drug-likeness (QED) is 0.505. The molecular formula is C22H15N3O5. The minimum atomic E-state index is -0.660. The molecule has 0 bridgehead atoms. The summed E-state index contributed by atoms with van der Waals surface area (Å²) in [7, 11) is 0. The first-order valence-electron chi connectivity index (χ1n) is 8.94. The average molecular weight is 401 g/mol. The van der Waals surface area contributed by atoms with Crippen LogP contribution in [0.1, 0.15) is 36.8 Å². The van der Waals surface area contributed by atoms with E-state index in [-0.39, 0.29) is 16.7 Å². The zero-order chi connectivity index (χ0) is 21.1. The number of anilines is 1. The van der Waals surface area contributed by atoms with Gasteiger partial charge in [-0.15, -0.1) is 0 Å². The Labute approximate surface area is 170 Å². The van der Waals surface area contributed by atoms with Crippen LogP contribution in [-0.2, 0) is 4.79 Å². The molecule has 0 spiro atoms. The molecule has 8 heteroatoms. The standard InChI is InChI=1S/C22H15N3O5/c26-19(11-10-16-7-4-12-30-16)23-15-6-3-5-14(13-15)20(27)24-25-21(28)17-8-1-2-9-18(17)22(25)29/h1-13H,(H,23,26)(H,24,27). The van der Waals surface area contributed by atoms with Gasteiger partial charge in [-0.3, -0.25) is 24.6 Å². The van der Waals surface area contributed by atoms with Crippen molar-refractivity contribution in [3.8, 4) is 0 Å². The van der Waals surface area contributed by atoms with Crippen molar-refractivity contribution in [1.29, 1.82) is 0 Å². The van der Waals surface area contributed by atoms with Gasteiger partial charge in [0, 0.05) is 17.3 Å². The predicted octanol–water partition coefficient (Wildman–Crippen LogP) is 2.87. The van der Waals surface area contributed by atoms with Crippen LogP contribution >= 0.6 is 0 Å². The molecule has 2 N–H and O–H groups in total. The summed E-state index contributed by atoms with van der Waals surface area (Å²) in [5.74, 6) is -1.75. The fraction of sp³-hybridized carbons (Fsp3) is 0. The van der Waals surface area contributed by atoms with Crippen molar-refractivity contribution in [2.24, 2.45) is 0 Å². The molecule has 4 amide bonds. The van der Waals surface area contributed by atoms with Gasteiger partial charge in [0.15, 0.2) is 0 Å². The lowest BCUT2D eigenvalue weighted by atomic mass is 10.1. The molecule has 0 saturated carbocycles. The summed E-state index contributed by atoms with van der Waals surface area (Å²) in [6, 6.07) is 15.8. The van der Waals surface area contributed by atoms with Crippen LogP contribution in [0.5, 0.6) is 0 Å². The van der Waals surface area contributed by atoms with Crippen LogP contribution < -0.4 is 10.7 Å². The number of nitrogens with one attached hydrogen (secondary N) is 2. The summed E-state index contributed by atoms with van der Waals surface area (Å²) in [4.78, 5) is 49.4. The van der Waals surface area contributed by atoms with Gasteiger partial charge in [0.2, 0.25) is 5.91 Å². The van der Waals surface area contributed by atoms with Crippen LogP contribution in [-0.4, -0.2) is 28.6 Å². The van der Waals surface area contributed by atoms with Crippen molar-refractivity contribution in [2.45, 2.75) is 0 Å². The van der Waals surface area contributed by atoms with E-state index in [9.17, 15) is 19.2 Å². The van der Waals surface area contributed by atoms with E-state index >= 15 is 0 Å². The van der Waals surface area contributed by atoms with E-state index in [1.54, 1.807) is 36.4 Å². The molecule has 4 rings (SSSR count). The number of amides is 4. The third-order valence-electron chi connectivity index (χ3n) is 4.34. The monoisotopic (exact) mass is 401 g/mol. The van der Waals surface area contributed by atoms with Crippen LogP contribution in [0.2, 0.25) is 0 Å². The van der Waals surface area contributed by atoms with Crippen molar-refractivity contribution in [3.63, 3.8) is 0 Å². The van der Waals surface area contributed by atoms with E-state index in [2.05, 4.69) is 10.7 Å². The third kappa shape index (κ3) is 3.74. The van der Waals surface area contributed by atoms with Gasteiger partial charge in [-0.2, -0.15) is 5.01 Å². The van der Waals surface area contributed by atoms with E-state index in [0.29, 0.717) is 16.5 Å². The van der Waals surface area contributed by atoms with Gasteiger partial charge >= 0.3 is 0 Å². The maximum Gasteiger partial charge on any atom is 0.280 e. The highest BCUT2D eigenvalue weighted by Crippen LogP contribution is 2.21. The molecule has 0 aliphatic carbocycles. The number of rotatable bonds is 5. The molecule has 0 atom stereocenters. The molecule has 0 unspecified atom stereocenters. The lowest BCUT2D eigenvalue weighted by Crippen LogP contribution is -2.45. The smallest absolute Gasteiger partial charge is 0.280 e. The fourth-order valence-electron chi connectivity index (χ4n) is 2.92. The summed E-state index contributed by atoms with van der Waals surface area (Å²) in [5.41, 5.74) is 3.32. The number of furan rings is 1. The molecule has 2 heterocycles. The lowest BCUT2D eigenvalue weighted by molar-refractivity contribution is -0.111. The number of carbonyl (C=O) groups excluding carboxylic acids is 4. The number of nitrogens with zero attached hydrogens (tertiary/aromatic N) is 1. The topological polar surface area (TPSA) is 109 Å². The normalized spacial score (nSPS) is 12.9. The first-order valence-corrected chi connectivity index (χ1v) is 8.94. The zero-order valence-electron chi connectivity index (χ0n) is 15.5. The Bertz CT molecular complexity index is 1150. The van der Waals surface area contributed by atoms with Gasteiger partial charge in [0.1, 0.15) is 5.76 Å². The molecule has 30 heavy (non-hydrogen) atoms. The number of imide groups is 1.